The van der Waals surface area contributed by atoms with Crippen LogP contribution in [0.5, 0.6) is 0 Å². The highest BCUT2D eigenvalue weighted by atomic mass is 32.2. The molecule has 4 nitrogen and oxygen atoms in total. The van der Waals surface area contributed by atoms with Crippen molar-refractivity contribution in [1.82, 2.24) is 0 Å². The average Bonchev–Trinajstić information content (AvgIpc) is 1.83. The molecule has 0 saturated carbocycles. The molecule has 64 valence electrons. The summed E-state index contributed by atoms with van der Waals surface area (Å²) in [4.78, 5) is 0. The van der Waals surface area contributed by atoms with Gasteiger partial charge in [0.15, 0.2) is 0 Å². The molecule has 0 aromatic carbocycles. The van der Waals surface area contributed by atoms with E-state index in [9.17, 15) is 8.42 Å². The first kappa shape index (κ1) is 10.4. The van der Waals surface area contributed by atoms with Gasteiger partial charge in [-0.2, -0.15) is 5.26 Å². The van der Waals surface area contributed by atoms with E-state index < -0.39 is 15.9 Å². The molecule has 0 radical (unpaired) electrons. The van der Waals surface area contributed by atoms with Crippen molar-refractivity contribution >= 4 is 9.84 Å². The minimum atomic E-state index is -3.01. The summed E-state index contributed by atoms with van der Waals surface area (Å²) in [6.07, 6.45) is 0.434. The lowest BCUT2D eigenvalue weighted by Gasteiger charge is -2.03. The monoisotopic (exact) mass is 177 g/mol. The van der Waals surface area contributed by atoms with Crippen molar-refractivity contribution in [3.8, 4) is 6.07 Å². The van der Waals surface area contributed by atoms with Crippen molar-refractivity contribution < 1.29 is 13.5 Å². The Bertz CT molecular complexity index is 239. The van der Waals surface area contributed by atoms with Crippen molar-refractivity contribution in [3.63, 3.8) is 0 Å². The molecule has 0 rings (SSSR count). The van der Waals surface area contributed by atoms with E-state index in [1.807, 2.05) is 0 Å². The largest absolute Gasteiger partial charge is 0.392 e. The zero-order valence-electron chi connectivity index (χ0n) is 6.32. The van der Waals surface area contributed by atoms with Crippen LogP contribution >= 0.6 is 0 Å². The lowest BCUT2D eigenvalue weighted by atomic mass is 10.2. The highest BCUT2D eigenvalue weighted by Crippen LogP contribution is 1.98. The van der Waals surface area contributed by atoms with E-state index in [4.69, 9.17) is 10.4 Å². The zero-order valence-corrected chi connectivity index (χ0v) is 7.13. The van der Waals surface area contributed by atoms with Gasteiger partial charge in [0.05, 0.1) is 24.3 Å². The summed E-state index contributed by atoms with van der Waals surface area (Å²) < 4.78 is 21.1. The Balaban J connectivity index is 3.65. The van der Waals surface area contributed by atoms with Crippen LogP contribution < -0.4 is 0 Å². The molecule has 1 unspecified atom stereocenters. The third-order valence-corrected chi connectivity index (χ3v) is 2.13. The number of aliphatic hydroxyl groups excluding tert-OH is 1. The molecule has 0 bridgehead atoms. The Morgan fingerprint density at radius 1 is 1.64 bits per heavy atom. The van der Waals surface area contributed by atoms with E-state index >= 15 is 0 Å². The fraction of sp³-hybridized carbons (Fsp3) is 0.833. The molecule has 1 atom stereocenters. The van der Waals surface area contributed by atoms with E-state index in [0.717, 1.165) is 6.26 Å². The smallest absolute Gasteiger partial charge is 0.147 e. The Hall–Kier alpha value is -0.600. The summed E-state index contributed by atoms with van der Waals surface area (Å²) in [7, 11) is -3.01. The van der Waals surface area contributed by atoms with Gasteiger partial charge >= 0.3 is 0 Å². The number of hydrogen-bond donors (Lipinski definition) is 1. The van der Waals surface area contributed by atoms with E-state index in [1.54, 1.807) is 6.07 Å². The predicted octanol–water partition coefficient (Wildman–Crippen LogP) is -0.304. The van der Waals surface area contributed by atoms with Gasteiger partial charge in [-0.05, 0) is 6.42 Å². The first-order chi connectivity index (χ1) is 4.95. The van der Waals surface area contributed by atoms with Gasteiger partial charge < -0.3 is 5.11 Å². The van der Waals surface area contributed by atoms with Crippen LogP contribution in [-0.2, 0) is 9.84 Å². The van der Waals surface area contributed by atoms with Gasteiger partial charge in [-0.25, -0.2) is 8.42 Å². The normalized spacial score (nSPS) is 13.9. The first-order valence-corrected chi connectivity index (χ1v) is 5.24. The van der Waals surface area contributed by atoms with Gasteiger partial charge in [0.25, 0.3) is 0 Å². The third kappa shape index (κ3) is 7.30. The van der Waals surface area contributed by atoms with Crippen molar-refractivity contribution in [1.29, 1.82) is 5.26 Å². The molecule has 0 aromatic heterocycles. The van der Waals surface area contributed by atoms with Crippen molar-refractivity contribution in [2.45, 2.75) is 18.9 Å². The maximum absolute atomic E-state index is 10.5. The molecule has 0 saturated heterocycles. The first-order valence-electron chi connectivity index (χ1n) is 3.18. The quantitative estimate of drug-likeness (QED) is 0.639. The third-order valence-electron chi connectivity index (χ3n) is 1.15. The van der Waals surface area contributed by atoms with Crippen LogP contribution in [0.15, 0.2) is 0 Å². The number of nitriles is 1. The molecule has 5 heteroatoms. The summed E-state index contributed by atoms with van der Waals surface area (Å²) in [5, 5.41) is 17.0. The fourth-order valence-corrected chi connectivity index (χ4v) is 1.26. The number of aliphatic hydroxyl groups is 1. The summed E-state index contributed by atoms with van der Waals surface area (Å²) in [6, 6.07) is 1.76. The van der Waals surface area contributed by atoms with E-state index in [1.165, 1.54) is 0 Å². The van der Waals surface area contributed by atoms with Gasteiger partial charge in [0.2, 0.25) is 0 Å². The molecule has 0 amide bonds. The maximum Gasteiger partial charge on any atom is 0.147 e. The Morgan fingerprint density at radius 3 is 2.55 bits per heavy atom. The van der Waals surface area contributed by atoms with E-state index in [0.29, 0.717) is 0 Å². The highest BCUT2D eigenvalue weighted by Gasteiger charge is 2.07. The zero-order chi connectivity index (χ0) is 8.91. The average molecular weight is 177 g/mol. The van der Waals surface area contributed by atoms with Crippen LogP contribution in [0.25, 0.3) is 0 Å². The van der Waals surface area contributed by atoms with Crippen LogP contribution in [-0.4, -0.2) is 31.6 Å². The Labute approximate surface area is 66.4 Å². The van der Waals surface area contributed by atoms with Crippen molar-refractivity contribution in [2.75, 3.05) is 12.0 Å². The fourth-order valence-electron chi connectivity index (χ4n) is 0.558. The van der Waals surface area contributed by atoms with Crippen LogP contribution in [0.1, 0.15) is 12.8 Å². The minimum absolute atomic E-state index is 0.00444. The standard InChI is InChI=1S/C6H11NO3S/c1-11(9,10)5-3-6(8)2-4-7/h6,8H,2-3,5H2,1H3. The number of rotatable bonds is 4. The second-order valence-electron chi connectivity index (χ2n) is 2.43. The maximum atomic E-state index is 10.5. The van der Waals surface area contributed by atoms with Gasteiger partial charge in [0, 0.05) is 6.26 Å². The van der Waals surface area contributed by atoms with Gasteiger partial charge in [-0.15, -0.1) is 0 Å². The molecule has 0 spiro atoms. The second kappa shape index (κ2) is 4.31. The second-order valence-corrected chi connectivity index (χ2v) is 4.69. The van der Waals surface area contributed by atoms with Gasteiger partial charge in [-0.3, -0.25) is 0 Å². The highest BCUT2D eigenvalue weighted by molar-refractivity contribution is 7.90. The molecule has 0 aromatic rings. The van der Waals surface area contributed by atoms with Crippen molar-refractivity contribution in [3.05, 3.63) is 0 Å². The Morgan fingerprint density at radius 2 is 2.18 bits per heavy atom. The van der Waals surface area contributed by atoms with Crippen molar-refractivity contribution in [2.24, 2.45) is 0 Å². The van der Waals surface area contributed by atoms with Gasteiger partial charge in [0.1, 0.15) is 9.84 Å². The van der Waals surface area contributed by atoms with Crippen LogP contribution in [0.4, 0.5) is 0 Å². The lowest BCUT2D eigenvalue weighted by Crippen LogP contribution is -2.13. The molecule has 0 aliphatic rings. The predicted molar refractivity (Wildman–Crippen MR) is 40.6 cm³/mol. The molecule has 0 aliphatic carbocycles. The molecule has 0 heterocycles. The SMILES string of the molecule is CS(=O)(=O)CCC(O)CC#N. The number of nitrogens with zero attached hydrogens (tertiary/aromatic N) is 1. The Kier molecular flexibility index (Phi) is 4.08. The topological polar surface area (TPSA) is 78.2 Å². The lowest BCUT2D eigenvalue weighted by molar-refractivity contribution is 0.176. The van der Waals surface area contributed by atoms with E-state index in [-0.39, 0.29) is 18.6 Å². The molecular weight excluding hydrogens is 166 g/mol. The summed E-state index contributed by atoms with van der Waals surface area (Å²) in [5.74, 6) is -0.0597. The number of hydrogen-bond acceptors (Lipinski definition) is 4. The molecule has 0 aliphatic heterocycles. The summed E-state index contributed by atoms with van der Waals surface area (Å²) >= 11 is 0. The molecule has 1 N–H and O–H groups in total. The molecule has 0 fully saturated rings. The summed E-state index contributed by atoms with van der Waals surface area (Å²) in [6.45, 7) is 0. The molecular formula is C6H11NO3S. The van der Waals surface area contributed by atoms with Crippen LogP contribution in [0, 0.1) is 11.3 Å². The minimum Gasteiger partial charge on any atom is -0.392 e. The summed E-state index contributed by atoms with van der Waals surface area (Å²) in [5.41, 5.74) is 0. The van der Waals surface area contributed by atoms with Crippen LogP contribution in [0.3, 0.4) is 0 Å². The number of sulfone groups is 1. The van der Waals surface area contributed by atoms with Crippen LogP contribution in [0.2, 0.25) is 0 Å². The van der Waals surface area contributed by atoms with Gasteiger partial charge in [-0.1, -0.05) is 0 Å². The van der Waals surface area contributed by atoms with E-state index in [2.05, 4.69) is 0 Å². The molecule has 11 heavy (non-hydrogen) atoms.